The summed E-state index contributed by atoms with van der Waals surface area (Å²) < 4.78 is 0. The molecule has 0 bridgehead atoms. The first-order chi connectivity index (χ1) is 7.95. The van der Waals surface area contributed by atoms with E-state index < -0.39 is 0 Å². The van der Waals surface area contributed by atoms with Crippen molar-refractivity contribution in [2.45, 2.75) is 53.4 Å². The van der Waals surface area contributed by atoms with Crippen LogP contribution in [0.5, 0.6) is 0 Å². The molecule has 108 valence electrons. The Morgan fingerprint density at radius 3 is 1.39 bits per heavy atom. The zero-order valence-electron chi connectivity index (χ0n) is 12.0. The van der Waals surface area contributed by atoms with Crippen LogP contribution in [0.4, 0.5) is 0 Å². The van der Waals surface area contributed by atoms with Gasteiger partial charge in [-0.1, -0.05) is 33.6 Å². The van der Waals surface area contributed by atoms with Gasteiger partial charge in [0.25, 0.3) is 0 Å². The monoisotopic (exact) mass is 295 g/mol. The largest absolute Gasteiger partial charge is 0.876 e. The van der Waals surface area contributed by atoms with Crippen molar-refractivity contribution in [2.24, 2.45) is 0 Å². The second-order valence-electron chi connectivity index (χ2n) is 3.52. The third-order valence-corrected chi connectivity index (χ3v) is 1.43. The third-order valence-electron chi connectivity index (χ3n) is 1.43. The summed E-state index contributed by atoms with van der Waals surface area (Å²) in [7, 11) is 0. The summed E-state index contributed by atoms with van der Waals surface area (Å²) in [6.07, 6.45) is 5.13. The smallest absolute Gasteiger partial charge is 0.151 e. The maximum Gasteiger partial charge on any atom is 0.151 e. The van der Waals surface area contributed by atoms with E-state index in [-0.39, 0.29) is 33.3 Å². The molecule has 0 saturated carbocycles. The Bertz CT molecular complexity index is 168. The molecule has 0 radical (unpaired) electrons. The Balaban J connectivity index is -0.0000000813. The third kappa shape index (κ3) is 56.7. The minimum absolute atomic E-state index is 0. The fraction of sp³-hybridized carbons (Fsp3) is 0.769. The first-order valence-electron chi connectivity index (χ1n) is 6.03. The molecule has 0 unspecified atom stereocenters. The Labute approximate surface area is 126 Å². The van der Waals surface area contributed by atoms with Crippen LogP contribution in [0, 0.1) is 0 Å². The molecule has 0 aromatic carbocycles. The van der Waals surface area contributed by atoms with Crippen LogP contribution in [0.1, 0.15) is 53.4 Å². The van der Waals surface area contributed by atoms with E-state index in [1.54, 1.807) is 0 Å². The van der Waals surface area contributed by atoms with Gasteiger partial charge in [0.15, 0.2) is 5.78 Å². The van der Waals surface area contributed by atoms with E-state index in [9.17, 15) is 9.90 Å². The van der Waals surface area contributed by atoms with Crippen LogP contribution in [0.2, 0.25) is 0 Å². The van der Waals surface area contributed by atoms with Crippen molar-refractivity contribution in [3.8, 4) is 0 Å². The van der Waals surface area contributed by atoms with Crippen LogP contribution in [0.25, 0.3) is 0 Å². The molecular weight excluding hydrogens is 268 g/mol. The van der Waals surface area contributed by atoms with Gasteiger partial charge in [0.05, 0.1) is 0 Å². The maximum absolute atomic E-state index is 9.98. The van der Waals surface area contributed by atoms with Crippen LogP contribution in [-0.4, -0.2) is 29.2 Å². The van der Waals surface area contributed by atoms with Crippen LogP contribution in [0.15, 0.2) is 11.8 Å². The minimum atomic E-state index is -0.187. The molecule has 0 aromatic heterocycles. The number of ketones is 1. The maximum atomic E-state index is 9.98. The Kier molecular flexibility index (Phi) is 37.6. The van der Waals surface area contributed by atoms with Gasteiger partial charge in [0.1, 0.15) is 0 Å². The zero-order chi connectivity index (χ0) is 14.1. The fourth-order valence-corrected chi connectivity index (χ4v) is 0.602. The van der Waals surface area contributed by atoms with Crippen molar-refractivity contribution in [1.82, 2.24) is 0 Å². The number of unbranched alkanes of at least 4 members (excludes halogenated alkanes) is 2. The number of rotatable bonds is 5. The molecule has 2 N–H and O–H groups in total. The van der Waals surface area contributed by atoms with Crippen LogP contribution < -0.4 is 5.11 Å². The average Bonchev–Trinajstić information content (AvgIpc) is 2.19. The summed E-state index contributed by atoms with van der Waals surface area (Å²) in [6, 6.07) is 0. The summed E-state index contributed by atoms with van der Waals surface area (Å²) in [5.41, 5.74) is 0. The predicted octanol–water partition coefficient (Wildman–Crippen LogP) is 1.39. The van der Waals surface area contributed by atoms with Crippen LogP contribution in [-0.2, 0) is 26.5 Å². The first-order valence-corrected chi connectivity index (χ1v) is 6.03. The molecular formula is C13H27O4Ti-. The van der Waals surface area contributed by atoms with Crippen molar-refractivity contribution >= 4 is 5.78 Å². The number of carbonyl (C=O) groups is 1. The van der Waals surface area contributed by atoms with E-state index in [1.807, 2.05) is 0 Å². The molecule has 0 fully saturated rings. The molecule has 5 heteroatoms. The predicted molar refractivity (Wildman–Crippen MR) is 68.4 cm³/mol. The molecule has 4 nitrogen and oxygen atoms in total. The molecule has 0 spiro atoms. The summed E-state index contributed by atoms with van der Waals surface area (Å²) in [5, 5.41) is 26.1. The molecule has 0 atom stereocenters. The van der Waals surface area contributed by atoms with Gasteiger partial charge in [-0.05, 0) is 25.8 Å². The van der Waals surface area contributed by atoms with Gasteiger partial charge in [0, 0.05) is 34.9 Å². The molecule has 0 saturated heterocycles. The standard InChI is InChI=1S/C5H8O2.2C4H10O.Ti/c1-4(6)3-5(2)7;2*1-2-3-4-5;/h3,6H,1-2H3;2*5H,2-4H2,1H3;/p-1/b4-3-;;;. The SMILES string of the molecule is CC(=O)/C=C(/C)[O-].CCCCO.CCCCO.[Ti]. The summed E-state index contributed by atoms with van der Waals surface area (Å²) >= 11 is 0. The molecule has 0 aliphatic rings. The Morgan fingerprint density at radius 2 is 1.39 bits per heavy atom. The minimum Gasteiger partial charge on any atom is -0.876 e. The van der Waals surface area contributed by atoms with E-state index >= 15 is 0 Å². The Hall–Kier alpha value is -0.156. The van der Waals surface area contributed by atoms with E-state index in [2.05, 4.69) is 13.8 Å². The second kappa shape index (κ2) is 25.6. The number of aliphatic hydroxyl groups is 2. The number of aliphatic hydroxyl groups excluding tert-OH is 2. The van der Waals surface area contributed by atoms with Crippen molar-refractivity contribution in [3.05, 3.63) is 11.8 Å². The number of carbonyl (C=O) groups excluding carboxylic acids is 1. The average molecular weight is 295 g/mol. The summed E-state index contributed by atoms with van der Waals surface area (Å²) in [4.78, 5) is 9.98. The van der Waals surface area contributed by atoms with Gasteiger partial charge < -0.3 is 15.3 Å². The zero-order valence-corrected chi connectivity index (χ0v) is 13.6. The molecule has 0 rings (SSSR count). The van der Waals surface area contributed by atoms with E-state index in [1.165, 1.54) is 13.8 Å². The number of hydrogen-bond donors (Lipinski definition) is 2. The summed E-state index contributed by atoms with van der Waals surface area (Å²) in [5.74, 6) is -0.375. The summed E-state index contributed by atoms with van der Waals surface area (Å²) in [6.45, 7) is 7.49. The van der Waals surface area contributed by atoms with Gasteiger partial charge in [-0.15, -0.1) is 5.76 Å². The topological polar surface area (TPSA) is 80.6 Å². The first kappa shape index (κ1) is 26.4. The molecule has 18 heavy (non-hydrogen) atoms. The molecule has 0 aromatic rings. The molecule has 0 aliphatic carbocycles. The van der Waals surface area contributed by atoms with Gasteiger partial charge in [-0.2, -0.15) is 0 Å². The number of allylic oxidation sites excluding steroid dienone is 2. The van der Waals surface area contributed by atoms with Gasteiger partial charge in [-0.25, -0.2) is 0 Å². The van der Waals surface area contributed by atoms with Crippen molar-refractivity contribution in [1.29, 1.82) is 0 Å². The van der Waals surface area contributed by atoms with E-state index in [0.717, 1.165) is 31.8 Å². The molecule has 0 heterocycles. The van der Waals surface area contributed by atoms with Crippen molar-refractivity contribution in [2.75, 3.05) is 13.2 Å². The second-order valence-corrected chi connectivity index (χ2v) is 3.52. The van der Waals surface area contributed by atoms with Crippen LogP contribution in [0.3, 0.4) is 0 Å². The van der Waals surface area contributed by atoms with Gasteiger partial charge >= 0.3 is 0 Å². The van der Waals surface area contributed by atoms with Crippen molar-refractivity contribution < 1.29 is 41.8 Å². The number of hydrogen-bond acceptors (Lipinski definition) is 4. The van der Waals surface area contributed by atoms with E-state index in [0.29, 0.717) is 13.2 Å². The normalized spacial score (nSPS) is 9.11. The van der Waals surface area contributed by atoms with Gasteiger partial charge in [0.2, 0.25) is 0 Å². The quantitative estimate of drug-likeness (QED) is 0.456. The van der Waals surface area contributed by atoms with Gasteiger partial charge in [-0.3, -0.25) is 4.79 Å². The molecule has 0 amide bonds. The fourth-order valence-electron chi connectivity index (χ4n) is 0.602. The molecule has 0 aliphatic heterocycles. The Morgan fingerprint density at radius 1 is 1.06 bits per heavy atom. The van der Waals surface area contributed by atoms with Crippen LogP contribution >= 0.6 is 0 Å². The van der Waals surface area contributed by atoms with E-state index in [4.69, 9.17) is 10.2 Å². The van der Waals surface area contributed by atoms with Crippen molar-refractivity contribution in [3.63, 3.8) is 0 Å².